The van der Waals surface area contributed by atoms with E-state index in [4.69, 9.17) is 4.74 Å². The number of ether oxygens (including phenoxy) is 1. The molecule has 0 saturated heterocycles. The van der Waals surface area contributed by atoms with Crippen LogP contribution in [0.1, 0.15) is 309 Å². The van der Waals surface area contributed by atoms with E-state index in [0.717, 1.165) is 70.6 Å². The Kier molecular flexibility index (Phi) is 51.0. The van der Waals surface area contributed by atoms with Crippen LogP contribution in [0, 0.1) is 0 Å². The van der Waals surface area contributed by atoms with Crippen molar-refractivity contribution in [1.29, 1.82) is 0 Å². The van der Waals surface area contributed by atoms with Gasteiger partial charge < -0.3 is 20.3 Å². The van der Waals surface area contributed by atoms with Crippen molar-refractivity contribution < 1.29 is 24.5 Å². The van der Waals surface area contributed by atoms with Gasteiger partial charge in [-0.15, -0.1) is 0 Å². The zero-order valence-corrected chi connectivity index (χ0v) is 41.9. The lowest BCUT2D eigenvalue weighted by atomic mass is 10.0. The highest BCUT2D eigenvalue weighted by molar-refractivity contribution is 5.76. The summed E-state index contributed by atoms with van der Waals surface area (Å²) in [5.74, 6) is -0.0711. The Labute approximate surface area is 387 Å². The number of unbranched alkanes of at least 4 members (excludes halogenated alkanes) is 39. The Morgan fingerprint density at radius 3 is 1.16 bits per heavy atom. The van der Waals surface area contributed by atoms with Gasteiger partial charge >= 0.3 is 5.97 Å². The smallest absolute Gasteiger partial charge is 0.305 e. The van der Waals surface area contributed by atoms with Crippen LogP contribution in [-0.2, 0) is 14.3 Å². The fourth-order valence-corrected chi connectivity index (χ4v) is 8.75. The van der Waals surface area contributed by atoms with Crippen molar-refractivity contribution in [2.45, 2.75) is 321 Å². The highest BCUT2D eigenvalue weighted by Gasteiger charge is 2.20. The molecule has 0 aliphatic carbocycles. The molecule has 0 rings (SSSR count). The van der Waals surface area contributed by atoms with Crippen molar-refractivity contribution in [3.05, 3.63) is 12.2 Å². The van der Waals surface area contributed by atoms with Crippen molar-refractivity contribution in [2.24, 2.45) is 0 Å². The number of carbonyl (C=O) groups is 2. The quantitative estimate of drug-likeness (QED) is 0.0321. The summed E-state index contributed by atoms with van der Waals surface area (Å²) in [6.07, 6.45) is 60.5. The van der Waals surface area contributed by atoms with Gasteiger partial charge in [-0.1, -0.05) is 257 Å². The van der Waals surface area contributed by atoms with Crippen LogP contribution in [-0.4, -0.2) is 47.4 Å². The second-order valence-corrected chi connectivity index (χ2v) is 19.3. The molecular formula is C56H109NO5. The van der Waals surface area contributed by atoms with Gasteiger partial charge in [-0.2, -0.15) is 0 Å². The van der Waals surface area contributed by atoms with Crippen molar-refractivity contribution in [3.8, 4) is 0 Å². The third kappa shape index (κ3) is 48.1. The summed E-state index contributed by atoms with van der Waals surface area (Å²) in [5.41, 5.74) is 0. The third-order valence-corrected chi connectivity index (χ3v) is 13.1. The number of hydrogen-bond acceptors (Lipinski definition) is 5. The summed E-state index contributed by atoms with van der Waals surface area (Å²) in [6.45, 7) is 4.93. The molecule has 0 aliphatic heterocycles. The molecule has 2 unspecified atom stereocenters. The van der Waals surface area contributed by atoms with Crippen LogP contribution in [0.4, 0.5) is 0 Å². The van der Waals surface area contributed by atoms with E-state index in [1.54, 1.807) is 0 Å². The van der Waals surface area contributed by atoms with Crippen LogP contribution in [0.25, 0.3) is 0 Å². The first-order valence-corrected chi connectivity index (χ1v) is 27.9. The van der Waals surface area contributed by atoms with Gasteiger partial charge in [0.25, 0.3) is 0 Å². The molecular weight excluding hydrogens is 767 g/mol. The number of nitrogens with one attached hydrogen (secondary N) is 1. The number of amides is 1. The summed E-state index contributed by atoms with van der Waals surface area (Å²) in [4.78, 5) is 24.5. The van der Waals surface area contributed by atoms with E-state index < -0.39 is 12.1 Å². The molecule has 0 radical (unpaired) electrons. The largest absolute Gasteiger partial charge is 0.466 e. The molecule has 0 saturated carbocycles. The fraction of sp³-hybridized carbons (Fsp3) is 0.929. The van der Waals surface area contributed by atoms with Crippen LogP contribution in [0.5, 0.6) is 0 Å². The monoisotopic (exact) mass is 876 g/mol. The highest BCUT2D eigenvalue weighted by atomic mass is 16.5. The van der Waals surface area contributed by atoms with Gasteiger partial charge in [-0.3, -0.25) is 9.59 Å². The summed E-state index contributed by atoms with van der Waals surface area (Å²) >= 11 is 0. The maximum Gasteiger partial charge on any atom is 0.305 e. The van der Waals surface area contributed by atoms with Gasteiger partial charge in [0.2, 0.25) is 5.91 Å². The van der Waals surface area contributed by atoms with Gasteiger partial charge in [-0.25, -0.2) is 0 Å². The average molecular weight is 876 g/mol. The Morgan fingerprint density at radius 1 is 0.435 bits per heavy atom. The van der Waals surface area contributed by atoms with Gasteiger partial charge in [0.15, 0.2) is 0 Å². The molecule has 3 N–H and O–H groups in total. The number of allylic oxidation sites excluding steroid dienone is 2. The summed E-state index contributed by atoms with van der Waals surface area (Å²) in [6, 6.07) is -0.560. The molecule has 0 fully saturated rings. The number of rotatable bonds is 52. The minimum atomic E-state index is -0.680. The zero-order chi connectivity index (χ0) is 45.1. The topological polar surface area (TPSA) is 95.9 Å². The number of hydrogen-bond donors (Lipinski definition) is 3. The van der Waals surface area contributed by atoms with E-state index in [9.17, 15) is 19.8 Å². The van der Waals surface area contributed by atoms with Crippen LogP contribution < -0.4 is 5.32 Å². The number of aliphatic hydroxyl groups is 2. The van der Waals surface area contributed by atoms with Crippen LogP contribution >= 0.6 is 0 Å². The lowest BCUT2D eigenvalue weighted by molar-refractivity contribution is -0.143. The predicted octanol–water partition coefficient (Wildman–Crippen LogP) is 16.9. The van der Waals surface area contributed by atoms with Gasteiger partial charge in [0.1, 0.15) is 0 Å². The van der Waals surface area contributed by atoms with Crippen molar-refractivity contribution in [2.75, 3.05) is 13.2 Å². The van der Waals surface area contributed by atoms with Gasteiger partial charge in [-0.05, 0) is 51.4 Å². The third-order valence-electron chi connectivity index (χ3n) is 13.1. The van der Waals surface area contributed by atoms with E-state index in [2.05, 4.69) is 31.3 Å². The molecule has 0 aliphatic rings. The van der Waals surface area contributed by atoms with E-state index in [1.165, 1.54) is 205 Å². The standard InChI is InChI=1S/C56H109NO5/c1-3-5-7-9-11-13-15-17-19-20-21-22-26-30-34-38-42-46-50-56(61)62-51-47-43-39-35-31-27-23-25-29-33-37-41-45-49-55(60)57-53(52-58)54(59)48-44-40-36-32-28-24-18-16-14-12-10-8-6-4-2/h25,29,53-54,58-59H,3-24,26-28,30-52H2,1-2H3,(H,57,60)/b29-25-. The molecule has 6 heteroatoms. The van der Waals surface area contributed by atoms with Crippen LogP contribution in [0.2, 0.25) is 0 Å². The van der Waals surface area contributed by atoms with Gasteiger partial charge in [0.05, 0.1) is 25.4 Å². The molecule has 0 bridgehead atoms. The van der Waals surface area contributed by atoms with Crippen molar-refractivity contribution >= 4 is 11.9 Å². The van der Waals surface area contributed by atoms with E-state index in [-0.39, 0.29) is 18.5 Å². The van der Waals surface area contributed by atoms with Crippen molar-refractivity contribution in [3.63, 3.8) is 0 Å². The molecule has 2 atom stereocenters. The van der Waals surface area contributed by atoms with E-state index in [1.807, 2.05) is 0 Å². The number of aliphatic hydroxyl groups excluding tert-OH is 2. The summed E-state index contributed by atoms with van der Waals surface area (Å²) in [5, 5.41) is 23.2. The SMILES string of the molecule is CCCCCCCCCCCCCCCCCCCCC(=O)OCCCCCCCC/C=C\CCCCCC(=O)NC(CO)C(O)CCCCCCCCCCCCCCCC. The molecule has 6 nitrogen and oxygen atoms in total. The molecule has 1 amide bonds. The first kappa shape index (κ1) is 60.6. The Bertz CT molecular complexity index is 924. The molecule has 0 aromatic rings. The second-order valence-electron chi connectivity index (χ2n) is 19.3. The molecule has 368 valence electrons. The second kappa shape index (κ2) is 52.2. The molecule has 0 aromatic carbocycles. The molecule has 62 heavy (non-hydrogen) atoms. The fourth-order valence-electron chi connectivity index (χ4n) is 8.75. The Morgan fingerprint density at radius 2 is 0.758 bits per heavy atom. The lowest BCUT2D eigenvalue weighted by Gasteiger charge is -2.22. The van der Waals surface area contributed by atoms with E-state index in [0.29, 0.717) is 25.9 Å². The maximum absolute atomic E-state index is 12.4. The molecule has 0 aromatic heterocycles. The first-order valence-electron chi connectivity index (χ1n) is 27.9. The average Bonchev–Trinajstić information content (AvgIpc) is 3.27. The maximum atomic E-state index is 12.4. The minimum absolute atomic E-state index is 0.00778. The normalized spacial score (nSPS) is 12.6. The van der Waals surface area contributed by atoms with Crippen LogP contribution in [0.15, 0.2) is 12.2 Å². The molecule has 0 spiro atoms. The minimum Gasteiger partial charge on any atom is -0.466 e. The van der Waals surface area contributed by atoms with E-state index >= 15 is 0 Å². The van der Waals surface area contributed by atoms with Crippen LogP contribution in [0.3, 0.4) is 0 Å². The number of esters is 1. The zero-order valence-electron chi connectivity index (χ0n) is 41.9. The van der Waals surface area contributed by atoms with Crippen molar-refractivity contribution in [1.82, 2.24) is 5.32 Å². The summed E-state index contributed by atoms with van der Waals surface area (Å²) < 4.78 is 5.48. The Hall–Kier alpha value is -1.40. The number of carbonyl (C=O) groups excluding carboxylic acids is 2. The Balaban J connectivity index is 3.45. The van der Waals surface area contributed by atoms with Gasteiger partial charge in [0, 0.05) is 12.8 Å². The summed E-state index contributed by atoms with van der Waals surface area (Å²) in [7, 11) is 0. The lowest BCUT2D eigenvalue weighted by Crippen LogP contribution is -2.45. The first-order chi connectivity index (χ1) is 30.5. The predicted molar refractivity (Wildman–Crippen MR) is 269 cm³/mol. The highest BCUT2D eigenvalue weighted by Crippen LogP contribution is 2.17. The molecule has 0 heterocycles.